The fourth-order valence-corrected chi connectivity index (χ4v) is 3.98. The number of carboxylic acids is 2. The molecule has 2 aromatic carbocycles. The Labute approximate surface area is 240 Å². The number of rotatable bonds is 17. The summed E-state index contributed by atoms with van der Waals surface area (Å²) in [6.07, 6.45) is 3.18. The number of carbonyl (C=O) groups is 2. The van der Waals surface area contributed by atoms with E-state index in [2.05, 4.69) is 10.6 Å². The molecular weight excluding hydrogens is 554 g/mol. The number of nitrogens with one attached hydrogen (secondary N) is 3. The van der Waals surface area contributed by atoms with Gasteiger partial charge in [0.25, 0.3) is 0 Å². The molecule has 0 heterocycles. The van der Waals surface area contributed by atoms with Crippen LogP contribution in [0.4, 0.5) is 5.69 Å². The fraction of sp³-hybridized carbons (Fsp3) is 0.444. The number of hydrogen-bond donors (Lipinski definition) is 7. The van der Waals surface area contributed by atoms with Crippen LogP contribution >= 0.6 is 0 Å². The maximum absolute atomic E-state index is 11.2. The second-order valence-corrected chi connectivity index (χ2v) is 10.7. The first-order valence-electron chi connectivity index (χ1n) is 13.0. The van der Waals surface area contributed by atoms with Gasteiger partial charge in [0.2, 0.25) is 0 Å². The molecule has 228 valence electrons. The maximum Gasteiger partial charge on any atom is 0.333 e. The number of aryl methyl sites for hydroxylation is 1. The number of carboxylic acid groups (broad SMARTS) is 2. The van der Waals surface area contributed by atoms with E-state index in [9.17, 15) is 23.1 Å². The number of hydrogen-bond acceptors (Lipinski definition) is 9. The van der Waals surface area contributed by atoms with Crippen molar-refractivity contribution >= 4 is 33.7 Å². The third kappa shape index (κ3) is 16.7. The van der Waals surface area contributed by atoms with Gasteiger partial charge >= 0.3 is 22.1 Å². The highest BCUT2D eigenvalue weighted by molar-refractivity contribution is 7.86. The fourth-order valence-electron chi connectivity index (χ4n) is 3.52. The maximum atomic E-state index is 11.2. The largest absolute Gasteiger partial charge is 0.480 e. The lowest BCUT2D eigenvalue weighted by Gasteiger charge is -2.13. The summed E-state index contributed by atoms with van der Waals surface area (Å²) in [5.74, 6) is -1.77. The standard InChI is InChI=1S/C21H27NO6S.C6H14N4O2/c1-3-27-20(21(23)24)15-17-6-4-8-18(14-17)22-13-5-7-16-9-11-19(12-10-16)28-29(2,25)26;7-4(5(11)12)2-1-3-10-6(8)9/h4,6,8-12,14,20,22H,3,5,7,13,15H2,1-2H3,(H,23,24);4H,1-3,7H2,(H,11,12)(H4,8,9,10)/t;4-/m.0/s1. The number of guanidine groups is 1. The van der Waals surface area contributed by atoms with Crippen LogP contribution in [-0.2, 0) is 37.3 Å². The second-order valence-electron chi connectivity index (χ2n) is 9.08. The van der Waals surface area contributed by atoms with Gasteiger partial charge in [0.1, 0.15) is 11.8 Å². The van der Waals surface area contributed by atoms with Crippen molar-refractivity contribution < 1.29 is 37.1 Å². The molecule has 0 amide bonds. The normalized spacial score (nSPS) is 12.3. The minimum absolute atomic E-state index is 0.112. The van der Waals surface area contributed by atoms with Crippen molar-refractivity contribution in [1.29, 1.82) is 5.41 Å². The van der Waals surface area contributed by atoms with E-state index in [4.69, 9.17) is 30.9 Å². The minimum atomic E-state index is -3.51. The van der Waals surface area contributed by atoms with Crippen LogP contribution in [0.5, 0.6) is 5.75 Å². The van der Waals surface area contributed by atoms with Crippen molar-refractivity contribution in [3.63, 3.8) is 0 Å². The van der Waals surface area contributed by atoms with Gasteiger partial charge in [0, 0.05) is 31.8 Å². The number of benzene rings is 2. The Hall–Kier alpha value is -3.88. The first kappa shape index (κ1) is 35.1. The molecule has 0 aromatic heterocycles. The van der Waals surface area contributed by atoms with Crippen LogP contribution in [0.15, 0.2) is 48.5 Å². The molecule has 2 aromatic rings. The molecule has 0 spiro atoms. The summed E-state index contributed by atoms with van der Waals surface area (Å²) in [5.41, 5.74) is 13.1. The van der Waals surface area contributed by atoms with E-state index in [0.29, 0.717) is 38.2 Å². The lowest BCUT2D eigenvalue weighted by atomic mass is 10.1. The lowest BCUT2D eigenvalue weighted by Crippen LogP contribution is -2.34. The van der Waals surface area contributed by atoms with Crippen LogP contribution in [0, 0.1) is 5.41 Å². The average molecular weight is 596 g/mol. The van der Waals surface area contributed by atoms with E-state index in [1.54, 1.807) is 19.1 Å². The molecule has 0 saturated heterocycles. The van der Waals surface area contributed by atoms with E-state index in [0.717, 1.165) is 42.5 Å². The van der Waals surface area contributed by atoms with Crippen LogP contribution in [0.3, 0.4) is 0 Å². The van der Waals surface area contributed by atoms with Gasteiger partial charge < -0.3 is 41.2 Å². The van der Waals surface area contributed by atoms with Crippen molar-refractivity contribution in [2.75, 3.05) is 31.3 Å². The third-order valence-corrected chi connectivity index (χ3v) is 5.95. The summed E-state index contributed by atoms with van der Waals surface area (Å²) >= 11 is 0. The number of nitrogens with two attached hydrogens (primary N) is 2. The summed E-state index contributed by atoms with van der Waals surface area (Å²) in [6.45, 7) is 3.37. The van der Waals surface area contributed by atoms with Gasteiger partial charge in [-0.05, 0) is 68.0 Å². The predicted octanol–water partition coefficient (Wildman–Crippen LogP) is 1.76. The zero-order chi connectivity index (χ0) is 30.8. The number of ether oxygens (including phenoxy) is 1. The van der Waals surface area contributed by atoms with Crippen molar-refractivity contribution in [3.05, 3.63) is 59.7 Å². The second kappa shape index (κ2) is 18.5. The van der Waals surface area contributed by atoms with Gasteiger partial charge in [-0.3, -0.25) is 10.2 Å². The highest BCUT2D eigenvalue weighted by Gasteiger charge is 2.18. The first-order chi connectivity index (χ1) is 19.3. The summed E-state index contributed by atoms with van der Waals surface area (Å²) in [4.78, 5) is 21.5. The van der Waals surface area contributed by atoms with E-state index in [1.165, 1.54) is 0 Å². The topological polar surface area (TPSA) is 227 Å². The molecule has 1 unspecified atom stereocenters. The quantitative estimate of drug-likeness (QED) is 0.0601. The van der Waals surface area contributed by atoms with Gasteiger partial charge in [0.05, 0.1) is 6.26 Å². The molecule has 0 aliphatic heterocycles. The molecule has 0 saturated carbocycles. The Morgan fingerprint density at radius 2 is 1.71 bits per heavy atom. The Morgan fingerprint density at radius 1 is 1.02 bits per heavy atom. The molecule has 2 atom stereocenters. The van der Waals surface area contributed by atoms with Crippen molar-refractivity contribution in [1.82, 2.24) is 5.32 Å². The highest BCUT2D eigenvalue weighted by atomic mass is 32.2. The smallest absolute Gasteiger partial charge is 0.333 e. The van der Waals surface area contributed by atoms with Gasteiger partial charge in [-0.1, -0.05) is 24.3 Å². The van der Waals surface area contributed by atoms with E-state index in [1.807, 2.05) is 36.4 Å². The van der Waals surface area contributed by atoms with Crippen LogP contribution < -0.4 is 26.3 Å². The van der Waals surface area contributed by atoms with E-state index >= 15 is 0 Å². The van der Waals surface area contributed by atoms with E-state index < -0.39 is 34.2 Å². The van der Waals surface area contributed by atoms with Crippen molar-refractivity contribution in [3.8, 4) is 5.75 Å². The Balaban J connectivity index is 0.000000590. The lowest BCUT2D eigenvalue weighted by molar-refractivity contribution is -0.150. The predicted molar refractivity (Wildman–Crippen MR) is 157 cm³/mol. The number of aliphatic carboxylic acids is 2. The summed E-state index contributed by atoms with van der Waals surface area (Å²) in [6, 6.07) is 13.8. The molecule has 13 nitrogen and oxygen atoms in total. The minimum Gasteiger partial charge on any atom is -0.480 e. The zero-order valence-electron chi connectivity index (χ0n) is 23.3. The molecule has 9 N–H and O–H groups in total. The molecule has 0 aliphatic carbocycles. The van der Waals surface area contributed by atoms with Crippen LogP contribution in [-0.4, -0.2) is 74.6 Å². The van der Waals surface area contributed by atoms with Gasteiger partial charge in [-0.2, -0.15) is 8.42 Å². The molecule has 0 aliphatic rings. The Kier molecular flexibility index (Phi) is 15.8. The molecule has 0 fully saturated rings. The SMILES string of the molecule is CCOC(Cc1cccc(NCCCc2ccc(OS(C)(=O)=O)cc2)c1)C(=O)O.N=C(N)NCCC[C@H](N)C(=O)O. The first-order valence-corrected chi connectivity index (χ1v) is 14.8. The Morgan fingerprint density at radius 3 is 2.27 bits per heavy atom. The van der Waals surface area contributed by atoms with Gasteiger partial charge in [-0.15, -0.1) is 0 Å². The zero-order valence-corrected chi connectivity index (χ0v) is 24.2. The summed E-state index contributed by atoms with van der Waals surface area (Å²) in [7, 11) is -3.51. The van der Waals surface area contributed by atoms with Gasteiger partial charge in [0.15, 0.2) is 12.1 Å². The highest BCUT2D eigenvalue weighted by Crippen LogP contribution is 2.16. The van der Waals surface area contributed by atoms with E-state index in [-0.39, 0.29) is 5.96 Å². The van der Waals surface area contributed by atoms with Crippen LogP contribution in [0.2, 0.25) is 0 Å². The Bertz CT molecular complexity index is 1210. The molecule has 0 bridgehead atoms. The third-order valence-electron chi connectivity index (χ3n) is 5.46. The summed E-state index contributed by atoms with van der Waals surface area (Å²) in [5, 5.41) is 30.3. The van der Waals surface area contributed by atoms with Gasteiger partial charge in [-0.25, -0.2) is 4.79 Å². The number of anilines is 1. The summed E-state index contributed by atoms with van der Waals surface area (Å²) < 4.78 is 32.3. The molecule has 0 radical (unpaired) electrons. The monoisotopic (exact) mass is 595 g/mol. The van der Waals surface area contributed by atoms with Crippen molar-refractivity contribution in [2.45, 2.75) is 51.2 Å². The molecular formula is C27H41N5O8S. The molecule has 14 heteroatoms. The molecule has 41 heavy (non-hydrogen) atoms. The van der Waals surface area contributed by atoms with Crippen LogP contribution in [0.25, 0.3) is 0 Å². The average Bonchev–Trinajstić information content (AvgIpc) is 2.89. The van der Waals surface area contributed by atoms with Crippen LogP contribution in [0.1, 0.15) is 37.3 Å². The molecule has 2 rings (SSSR count). The van der Waals surface area contributed by atoms with Crippen molar-refractivity contribution in [2.24, 2.45) is 11.5 Å².